The van der Waals surface area contributed by atoms with Gasteiger partial charge in [0.25, 0.3) is 15.7 Å². The number of ether oxygens (including phenoxy) is 1. The van der Waals surface area contributed by atoms with Crippen molar-refractivity contribution in [3.05, 3.63) is 77.0 Å². The average molecular weight is 483 g/mol. The molecule has 0 radical (unpaired) electrons. The minimum Gasteiger partial charge on any atom is -0.423 e. The van der Waals surface area contributed by atoms with E-state index in [1.54, 1.807) is 12.1 Å². The average Bonchev–Trinajstić information content (AvgIpc) is 2.79. The summed E-state index contributed by atoms with van der Waals surface area (Å²) in [6, 6.07) is 14.1. The van der Waals surface area contributed by atoms with Gasteiger partial charge in [-0.2, -0.15) is 0 Å². The number of aromatic nitrogens is 1. The van der Waals surface area contributed by atoms with Crippen LogP contribution in [0.5, 0.6) is 5.75 Å². The summed E-state index contributed by atoms with van der Waals surface area (Å²) in [6.07, 6.45) is 1.46. The number of carbonyl (C=O) groups is 2. The number of nitrogens with one attached hydrogen (secondary N) is 2. The van der Waals surface area contributed by atoms with E-state index in [-0.39, 0.29) is 35.2 Å². The normalized spacial score (nSPS) is 12.9. The number of amides is 1. The number of pyridine rings is 1. The molecule has 0 bridgehead atoms. The highest BCUT2D eigenvalue weighted by Gasteiger charge is 2.27. The maximum atomic E-state index is 12.5. The molecule has 1 aliphatic heterocycles. The Bertz CT molecular complexity index is 1360. The number of sulfonamides is 1. The smallest absolute Gasteiger partial charge is 0.331 e. The second kappa shape index (κ2) is 9.15. The highest BCUT2D eigenvalue weighted by atomic mass is 32.2. The van der Waals surface area contributed by atoms with Crippen LogP contribution in [0, 0.1) is 10.1 Å². The second-order valence-electron chi connectivity index (χ2n) is 7.13. The van der Waals surface area contributed by atoms with E-state index < -0.39 is 26.8 Å². The van der Waals surface area contributed by atoms with Crippen molar-refractivity contribution in [1.82, 2.24) is 4.98 Å². The van der Waals surface area contributed by atoms with Crippen molar-refractivity contribution in [3.63, 3.8) is 0 Å². The summed E-state index contributed by atoms with van der Waals surface area (Å²) in [7, 11) is -3.86. The van der Waals surface area contributed by atoms with Crippen LogP contribution in [0.25, 0.3) is 0 Å². The van der Waals surface area contributed by atoms with Crippen LogP contribution in [0.3, 0.4) is 0 Å². The Kier molecular flexibility index (Phi) is 6.10. The van der Waals surface area contributed by atoms with Crippen LogP contribution in [0.2, 0.25) is 0 Å². The van der Waals surface area contributed by atoms with E-state index in [2.05, 4.69) is 15.0 Å². The molecule has 0 unspecified atom stereocenters. The molecular formula is C21H17N5O7S. The number of nitro benzene ring substituents is 1. The highest BCUT2D eigenvalue weighted by molar-refractivity contribution is 7.92. The molecule has 0 saturated carbocycles. The minimum absolute atomic E-state index is 0.00628. The lowest BCUT2D eigenvalue weighted by atomic mass is 10.2. The Morgan fingerprint density at radius 2 is 1.91 bits per heavy atom. The SMILES string of the molecule is O=C(CN1CC(=O)Oc2cc([N+](=O)[O-])ccc21)Nc1ccc(S(=O)(=O)Nc2ccccn2)cc1. The van der Waals surface area contributed by atoms with Crippen LogP contribution in [-0.2, 0) is 19.6 Å². The van der Waals surface area contributed by atoms with Gasteiger partial charge in [-0.05, 0) is 42.5 Å². The largest absolute Gasteiger partial charge is 0.423 e. The number of esters is 1. The van der Waals surface area contributed by atoms with Crippen molar-refractivity contribution < 1.29 is 27.7 Å². The van der Waals surface area contributed by atoms with E-state index >= 15 is 0 Å². The van der Waals surface area contributed by atoms with E-state index in [4.69, 9.17) is 4.74 Å². The summed E-state index contributed by atoms with van der Waals surface area (Å²) in [6.45, 7) is -0.449. The summed E-state index contributed by atoms with van der Waals surface area (Å²) in [4.78, 5) is 40.1. The third-order valence-corrected chi connectivity index (χ3v) is 6.10. The van der Waals surface area contributed by atoms with Crippen LogP contribution in [0.4, 0.5) is 22.9 Å². The molecule has 1 aliphatic rings. The van der Waals surface area contributed by atoms with Gasteiger partial charge in [-0.25, -0.2) is 18.2 Å². The predicted molar refractivity (Wildman–Crippen MR) is 121 cm³/mol. The summed E-state index contributed by atoms with van der Waals surface area (Å²) in [5, 5.41) is 13.6. The number of nitro groups is 1. The number of fused-ring (bicyclic) bond motifs is 1. The molecule has 12 nitrogen and oxygen atoms in total. The Balaban J connectivity index is 1.43. The lowest BCUT2D eigenvalue weighted by Crippen LogP contribution is -2.41. The zero-order valence-electron chi connectivity index (χ0n) is 17.4. The van der Waals surface area contributed by atoms with E-state index in [0.29, 0.717) is 11.4 Å². The molecule has 13 heteroatoms. The van der Waals surface area contributed by atoms with Gasteiger partial charge in [-0.1, -0.05) is 6.07 Å². The maximum Gasteiger partial charge on any atom is 0.331 e. The lowest BCUT2D eigenvalue weighted by molar-refractivity contribution is -0.384. The standard InChI is InChI=1S/C21H17N5O7S/c27-20(12-25-13-21(28)33-18-11-15(26(29)30)6-9-17(18)25)23-14-4-7-16(8-5-14)34(31,32)24-19-3-1-2-10-22-19/h1-11H,12-13H2,(H,22,24)(H,23,27). The Labute approximate surface area is 193 Å². The number of carbonyl (C=O) groups excluding carboxylic acids is 2. The van der Waals surface area contributed by atoms with E-state index in [9.17, 15) is 28.1 Å². The van der Waals surface area contributed by atoms with Crippen LogP contribution in [0.1, 0.15) is 0 Å². The van der Waals surface area contributed by atoms with Gasteiger partial charge in [0, 0.05) is 18.0 Å². The third-order valence-electron chi connectivity index (χ3n) is 4.73. The summed E-state index contributed by atoms with van der Waals surface area (Å²) in [5.41, 5.74) is 0.457. The quantitative estimate of drug-likeness (QED) is 0.222. The number of anilines is 3. The van der Waals surface area contributed by atoms with Gasteiger partial charge in [-0.15, -0.1) is 0 Å². The Morgan fingerprint density at radius 1 is 1.15 bits per heavy atom. The first-order valence-corrected chi connectivity index (χ1v) is 11.3. The number of non-ortho nitro benzene ring substituents is 1. The van der Waals surface area contributed by atoms with Crippen LogP contribution >= 0.6 is 0 Å². The summed E-state index contributed by atoms with van der Waals surface area (Å²) < 4.78 is 32.4. The molecule has 0 saturated heterocycles. The molecule has 0 fully saturated rings. The molecule has 2 N–H and O–H groups in total. The number of benzene rings is 2. The van der Waals surface area contributed by atoms with Gasteiger partial charge in [0.15, 0.2) is 5.75 Å². The second-order valence-corrected chi connectivity index (χ2v) is 8.81. The molecule has 1 amide bonds. The number of nitrogens with zero attached hydrogens (tertiary/aromatic N) is 3. The fourth-order valence-electron chi connectivity index (χ4n) is 3.21. The van der Waals surface area contributed by atoms with Gasteiger partial charge >= 0.3 is 5.97 Å². The fraction of sp³-hybridized carbons (Fsp3) is 0.0952. The number of hydrogen-bond acceptors (Lipinski definition) is 9. The minimum atomic E-state index is -3.86. The third kappa shape index (κ3) is 5.10. The van der Waals surface area contributed by atoms with Gasteiger partial charge in [0.2, 0.25) is 5.91 Å². The monoisotopic (exact) mass is 483 g/mol. The van der Waals surface area contributed by atoms with Crippen LogP contribution in [0.15, 0.2) is 71.8 Å². The molecule has 4 rings (SSSR count). The maximum absolute atomic E-state index is 12.5. The Morgan fingerprint density at radius 3 is 2.59 bits per heavy atom. The summed E-state index contributed by atoms with van der Waals surface area (Å²) in [5.74, 6) is -0.976. The van der Waals surface area contributed by atoms with Crippen molar-refractivity contribution in [3.8, 4) is 5.75 Å². The molecule has 3 aromatic rings. The fourth-order valence-corrected chi connectivity index (χ4v) is 4.22. The molecule has 174 valence electrons. The van der Waals surface area contributed by atoms with Gasteiger partial charge < -0.3 is 15.0 Å². The molecule has 0 aliphatic carbocycles. The van der Waals surface area contributed by atoms with Crippen molar-refractivity contribution >= 4 is 44.8 Å². The number of hydrogen-bond donors (Lipinski definition) is 2. The first-order valence-electron chi connectivity index (χ1n) is 9.79. The zero-order chi connectivity index (χ0) is 24.3. The van der Waals surface area contributed by atoms with Gasteiger partial charge in [0.05, 0.1) is 28.1 Å². The van der Waals surface area contributed by atoms with Gasteiger partial charge in [-0.3, -0.25) is 19.6 Å². The van der Waals surface area contributed by atoms with Crippen molar-refractivity contribution in [2.75, 3.05) is 28.0 Å². The van der Waals surface area contributed by atoms with E-state index in [1.165, 1.54) is 53.6 Å². The number of rotatable bonds is 7. The molecule has 1 aromatic heterocycles. The first-order chi connectivity index (χ1) is 16.2. The zero-order valence-corrected chi connectivity index (χ0v) is 18.2. The molecular weight excluding hydrogens is 466 g/mol. The van der Waals surface area contributed by atoms with Crippen molar-refractivity contribution in [1.29, 1.82) is 0 Å². The first kappa shape index (κ1) is 22.7. The van der Waals surface area contributed by atoms with Crippen LogP contribution < -0.4 is 19.7 Å². The van der Waals surface area contributed by atoms with Gasteiger partial charge in [0.1, 0.15) is 12.4 Å². The van der Waals surface area contributed by atoms with Crippen molar-refractivity contribution in [2.24, 2.45) is 0 Å². The Hall–Kier alpha value is -4.52. The topological polar surface area (TPSA) is 161 Å². The van der Waals surface area contributed by atoms with E-state index in [1.807, 2.05) is 0 Å². The summed E-state index contributed by atoms with van der Waals surface area (Å²) >= 11 is 0. The molecule has 2 heterocycles. The molecule has 2 aromatic carbocycles. The van der Waals surface area contributed by atoms with Crippen molar-refractivity contribution in [2.45, 2.75) is 4.90 Å². The molecule has 34 heavy (non-hydrogen) atoms. The molecule has 0 spiro atoms. The predicted octanol–water partition coefficient (Wildman–Crippen LogP) is 2.15. The van der Waals surface area contributed by atoms with Crippen LogP contribution in [-0.4, -0.2) is 43.3 Å². The highest BCUT2D eigenvalue weighted by Crippen LogP contribution is 2.35. The molecule has 0 atom stereocenters. The van der Waals surface area contributed by atoms with E-state index in [0.717, 1.165) is 6.07 Å². The lowest BCUT2D eigenvalue weighted by Gasteiger charge is -2.28.